The van der Waals surface area contributed by atoms with E-state index in [0.29, 0.717) is 0 Å². The molecule has 0 fully saturated rings. The summed E-state index contributed by atoms with van der Waals surface area (Å²) in [6.07, 6.45) is 6.31. The zero-order valence-electron chi connectivity index (χ0n) is 12.5. The third-order valence-corrected chi connectivity index (χ3v) is 3.51. The molecule has 5 aromatic rings. The number of rotatable bonds is 0. The Balaban J connectivity index is 0.000000123. The van der Waals surface area contributed by atoms with Crippen molar-refractivity contribution >= 4 is 33.1 Å². The molecule has 2 aromatic carbocycles. The minimum atomic E-state index is -0.163. The Morgan fingerprint density at radius 3 is 2.58 bits per heavy atom. The molecule has 0 radical (unpaired) electrons. The Labute approximate surface area is 135 Å². The van der Waals surface area contributed by atoms with E-state index in [1.54, 1.807) is 18.7 Å². The van der Waals surface area contributed by atoms with Crippen molar-refractivity contribution in [1.29, 1.82) is 0 Å². The van der Waals surface area contributed by atoms with E-state index in [2.05, 4.69) is 29.9 Å². The van der Waals surface area contributed by atoms with Gasteiger partial charge in [0.25, 0.3) is 5.56 Å². The minimum absolute atomic E-state index is 0.163. The van der Waals surface area contributed by atoms with Crippen LogP contribution in [0.15, 0.2) is 66.1 Å². The molecule has 0 saturated carbocycles. The number of nitrogens with zero attached hydrogens (tertiary/aromatic N) is 4. The molecule has 0 saturated heterocycles. The van der Waals surface area contributed by atoms with Crippen molar-refractivity contribution < 1.29 is 0 Å². The van der Waals surface area contributed by atoms with Gasteiger partial charge in [0.05, 0.1) is 40.1 Å². The van der Waals surface area contributed by atoms with Crippen LogP contribution in [0, 0.1) is 0 Å². The normalized spacial score (nSPS) is 10.7. The van der Waals surface area contributed by atoms with Gasteiger partial charge in [0.15, 0.2) is 0 Å². The second-order valence-corrected chi connectivity index (χ2v) is 5.05. The second-order valence-electron chi connectivity index (χ2n) is 5.05. The first-order valence-corrected chi connectivity index (χ1v) is 7.28. The number of imidazole rings is 1. The standard InChI is InChI=1S/C9H6N4.C8H6N2O/c1-2-7-9(13-5-12-7)8-6(1)10-3-4-11-8;11-8-5-9-6-3-1-2-4-7(6)10-8/h1-5H,(H,12,13);1-5H,(H,10,11). The van der Waals surface area contributed by atoms with Gasteiger partial charge in [-0.1, -0.05) is 12.1 Å². The predicted molar refractivity (Wildman–Crippen MR) is 91.6 cm³/mol. The number of hydrogen-bond donors (Lipinski definition) is 2. The van der Waals surface area contributed by atoms with E-state index in [0.717, 1.165) is 33.1 Å². The highest BCUT2D eigenvalue weighted by molar-refractivity contribution is 5.99. The van der Waals surface area contributed by atoms with Gasteiger partial charge < -0.3 is 9.97 Å². The summed E-state index contributed by atoms with van der Waals surface area (Å²) >= 11 is 0. The summed E-state index contributed by atoms with van der Waals surface area (Å²) in [6, 6.07) is 11.3. The summed E-state index contributed by atoms with van der Waals surface area (Å²) < 4.78 is 0. The van der Waals surface area contributed by atoms with Crippen molar-refractivity contribution in [2.75, 3.05) is 0 Å². The molecule has 0 amide bonds. The van der Waals surface area contributed by atoms with Gasteiger partial charge in [-0.25, -0.2) is 9.97 Å². The molecule has 3 aromatic heterocycles. The summed E-state index contributed by atoms with van der Waals surface area (Å²) in [4.78, 5) is 33.0. The average Bonchev–Trinajstić information content (AvgIpc) is 3.11. The lowest BCUT2D eigenvalue weighted by molar-refractivity contribution is 1.22. The molecule has 0 aliphatic rings. The smallest absolute Gasteiger partial charge is 0.266 e. The van der Waals surface area contributed by atoms with Crippen LogP contribution in [0.3, 0.4) is 0 Å². The Kier molecular flexibility index (Phi) is 3.43. The van der Waals surface area contributed by atoms with Gasteiger partial charge in [-0.05, 0) is 24.3 Å². The summed E-state index contributed by atoms with van der Waals surface area (Å²) in [6.45, 7) is 0. The topological polar surface area (TPSA) is 100 Å². The molecule has 0 spiro atoms. The first kappa shape index (κ1) is 14.0. The Morgan fingerprint density at radius 2 is 1.62 bits per heavy atom. The van der Waals surface area contributed by atoms with E-state index in [-0.39, 0.29) is 5.56 Å². The Bertz CT molecular complexity index is 1190. The number of aromatic nitrogens is 6. The van der Waals surface area contributed by atoms with Gasteiger partial charge in [-0.15, -0.1) is 0 Å². The summed E-state index contributed by atoms with van der Waals surface area (Å²) in [5.41, 5.74) is 5.06. The molecule has 0 bridgehead atoms. The molecule has 116 valence electrons. The number of para-hydroxylation sites is 2. The van der Waals surface area contributed by atoms with Gasteiger partial charge in [0.1, 0.15) is 5.52 Å². The zero-order chi connectivity index (χ0) is 16.4. The van der Waals surface area contributed by atoms with E-state index >= 15 is 0 Å². The molecule has 0 aliphatic carbocycles. The van der Waals surface area contributed by atoms with Crippen LogP contribution < -0.4 is 5.56 Å². The van der Waals surface area contributed by atoms with E-state index in [9.17, 15) is 4.79 Å². The first-order chi connectivity index (χ1) is 11.8. The molecule has 5 rings (SSSR count). The number of benzene rings is 2. The number of hydrogen-bond acceptors (Lipinski definition) is 5. The Hall–Kier alpha value is -3.61. The van der Waals surface area contributed by atoms with Crippen molar-refractivity contribution in [3.8, 4) is 0 Å². The fourth-order valence-corrected chi connectivity index (χ4v) is 2.43. The fourth-order valence-electron chi connectivity index (χ4n) is 2.43. The van der Waals surface area contributed by atoms with Crippen LogP contribution >= 0.6 is 0 Å². The van der Waals surface area contributed by atoms with Gasteiger partial charge in [-0.3, -0.25) is 14.8 Å². The monoisotopic (exact) mass is 316 g/mol. The fraction of sp³-hybridized carbons (Fsp3) is 0. The third-order valence-electron chi connectivity index (χ3n) is 3.51. The lowest BCUT2D eigenvalue weighted by atomic mass is 10.2. The molecule has 2 N–H and O–H groups in total. The van der Waals surface area contributed by atoms with E-state index in [1.165, 1.54) is 6.20 Å². The van der Waals surface area contributed by atoms with Crippen molar-refractivity contribution in [1.82, 2.24) is 29.9 Å². The molecule has 0 unspecified atom stereocenters. The van der Waals surface area contributed by atoms with Gasteiger partial charge in [0.2, 0.25) is 0 Å². The van der Waals surface area contributed by atoms with Crippen LogP contribution in [0.25, 0.3) is 33.1 Å². The largest absolute Gasteiger partial charge is 0.343 e. The predicted octanol–water partition coefficient (Wildman–Crippen LogP) is 2.43. The quantitative estimate of drug-likeness (QED) is 0.457. The minimum Gasteiger partial charge on any atom is -0.343 e. The van der Waals surface area contributed by atoms with E-state index < -0.39 is 0 Å². The average molecular weight is 316 g/mol. The molecule has 0 aliphatic heterocycles. The lowest BCUT2D eigenvalue weighted by Crippen LogP contribution is -2.04. The van der Waals surface area contributed by atoms with Gasteiger partial charge in [0, 0.05) is 12.4 Å². The molecule has 3 heterocycles. The SMILES string of the molecule is O=c1cnc2ccccc2[nH]1.c1cnc2c(ccc3nc[nH]c32)n1. The number of fused-ring (bicyclic) bond motifs is 4. The van der Waals surface area contributed by atoms with Crippen LogP contribution in [0.2, 0.25) is 0 Å². The summed E-state index contributed by atoms with van der Waals surface area (Å²) in [5, 5.41) is 0. The second kappa shape index (κ2) is 5.88. The van der Waals surface area contributed by atoms with Crippen LogP contribution in [0.1, 0.15) is 0 Å². The van der Waals surface area contributed by atoms with Crippen LogP contribution in [-0.2, 0) is 0 Å². The molecule has 24 heavy (non-hydrogen) atoms. The van der Waals surface area contributed by atoms with Crippen molar-refractivity contribution in [2.24, 2.45) is 0 Å². The first-order valence-electron chi connectivity index (χ1n) is 7.28. The number of aromatic amines is 2. The highest BCUT2D eigenvalue weighted by Gasteiger charge is 2.02. The summed E-state index contributed by atoms with van der Waals surface area (Å²) in [5.74, 6) is 0. The maximum absolute atomic E-state index is 10.8. The maximum atomic E-state index is 10.8. The number of H-pyrrole nitrogens is 2. The zero-order valence-corrected chi connectivity index (χ0v) is 12.5. The van der Waals surface area contributed by atoms with Gasteiger partial charge >= 0.3 is 0 Å². The van der Waals surface area contributed by atoms with Crippen molar-refractivity contribution in [2.45, 2.75) is 0 Å². The molecule has 7 heteroatoms. The van der Waals surface area contributed by atoms with E-state index in [1.807, 2.05) is 36.4 Å². The third kappa shape index (κ3) is 2.58. The Morgan fingerprint density at radius 1 is 0.792 bits per heavy atom. The summed E-state index contributed by atoms with van der Waals surface area (Å²) in [7, 11) is 0. The highest BCUT2D eigenvalue weighted by Crippen LogP contribution is 2.17. The van der Waals surface area contributed by atoms with Crippen molar-refractivity contribution in [3.63, 3.8) is 0 Å². The van der Waals surface area contributed by atoms with E-state index in [4.69, 9.17) is 0 Å². The molecule has 7 nitrogen and oxygen atoms in total. The maximum Gasteiger partial charge on any atom is 0.266 e. The molecule has 0 atom stereocenters. The number of nitrogens with one attached hydrogen (secondary N) is 2. The molecular formula is C17H12N6O. The van der Waals surface area contributed by atoms with Crippen LogP contribution in [0.5, 0.6) is 0 Å². The van der Waals surface area contributed by atoms with Gasteiger partial charge in [-0.2, -0.15) is 0 Å². The highest BCUT2D eigenvalue weighted by atomic mass is 16.1. The van der Waals surface area contributed by atoms with Crippen LogP contribution in [-0.4, -0.2) is 29.9 Å². The van der Waals surface area contributed by atoms with Crippen LogP contribution in [0.4, 0.5) is 0 Å². The lowest BCUT2D eigenvalue weighted by Gasteiger charge is -1.94. The van der Waals surface area contributed by atoms with Crippen molar-refractivity contribution in [3.05, 3.63) is 71.7 Å². The molecular weight excluding hydrogens is 304 g/mol.